The van der Waals surface area contributed by atoms with Crippen LogP contribution in [0.5, 0.6) is 0 Å². The van der Waals surface area contributed by atoms with E-state index in [9.17, 15) is 4.39 Å². The van der Waals surface area contributed by atoms with Crippen LogP contribution in [0, 0.1) is 17.7 Å². The van der Waals surface area contributed by atoms with E-state index in [-0.39, 0.29) is 11.9 Å². The molecular weight excluding hydrogens is 253 g/mol. The largest absolute Gasteiger partial charge is 0.368 e. The molecule has 1 aliphatic heterocycles. The number of hydrogen-bond donors (Lipinski definition) is 1. The molecule has 0 bridgehead atoms. The zero-order valence-electron chi connectivity index (χ0n) is 10.1. The average molecular weight is 270 g/mol. The van der Waals surface area contributed by atoms with Gasteiger partial charge in [0, 0.05) is 25.2 Å². The Bertz CT molecular complexity index is 454. The predicted molar refractivity (Wildman–Crippen MR) is 70.2 cm³/mol. The maximum absolute atomic E-state index is 13.8. The monoisotopic (exact) mass is 269 g/mol. The van der Waals surface area contributed by atoms with Gasteiger partial charge in [-0.15, -0.1) is 0 Å². The van der Waals surface area contributed by atoms with E-state index in [0.29, 0.717) is 22.7 Å². The van der Waals surface area contributed by atoms with Crippen molar-refractivity contribution in [3.05, 3.63) is 23.2 Å². The van der Waals surface area contributed by atoms with Crippen LogP contribution in [0.15, 0.2) is 12.3 Å². The lowest BCUT2D eigenvalue weighted by molar-refractivity contribution is 0.260. The lowest BCUT2D eigenvalue weighted by Crippen LogP contribution is -2.38. The summed E-state index contributed by atoms with van der Waals surface area (Å²) in [5.74, 6) is 0.789. The molecule has 2 aliphatic rings. The van der Waals surface area contributed by atoms with Crippen molar-refractivity contribution in [2.75, 3.05) is 18.0 Å². The van der Waals surface area contributed by atoms with Gasteiger partial charge in [-0.25, -0.2) is 9.37 Å². The molecule has 3 atom stereocenters. The van der Waals surface area contributed by atoms with Crippen LogP contribution in [-0.4, -0.2) is 24.1 Å². The number of nitrogens with two attached hydrogens (primary N) is 1. The first kappa shape index (κ1) is 12.2. The molecule has 1 aliphatic carbocycles. The van der Waals surface area contributed by atoms with Crippen LogP contribution in [0.25, 0.3) is 0 Å². The van der Waals surface area contributed by atoms with Gasteiger partial charge in [0.1, 0.15) is 5.15 Å². The van der Waals surface area contributed by atoms with Crippen LogP contribution < -0.4 is 10.6 Å². The highest BCUT2D eigenvalue weighted by molar-refractivity contribution is 6.29. The first-order valence-corrected chi connectivity index (χ1v) is 6.84. The van der Waals surface area contributed by atoms with Gasteiger partial charge in [0.2, 0.25) is 0 Å². The standard InChI is InChI=1S/C13H17ClFN3/c14-13-4-12(10(15)5-17-13)18-6-8-2-1-3-11(16)9(8)7-18/h4-5,8-9,11H,1-3,6-7,16H2/t8?,9-,11-/m1/s1. The second-order valence-corrected chi connectivity index (χ2v) is 5.77. The molecule has 0 amide bonds. The summed E-state index contributed by atoms with van der Waals surface area (Å²) in [5, 5.41) is 0.338. The van der Waals surface area contributed by atoms with Gasteiger partial charge in [0.25, 0.3) is 0 Å². The molecular formula is C13H17ClFN3. The average Bonchev–Trinajstić information content (AvgIpc) is 2.77. The molecule has 1 unspecified atom stereocenters. The normalized spacial score (nSPS) is 31.5. The third kappa shape index (κ3) is 2.08. The number of rotatable bonds is 1. The number of hydrogen-bond acceptors (Lipinski definition) is 3. The molecule has 3 nitrogen and oxygen atoms in total. The molecule has 2 N–H and O–H groups in total. The fraction of sp³-hybridized carbons (Fsp3) is 0.615. The summed E-state index contributed by atoms with van der Waals surface area (Å²) in [4.78, 5) is 5.83. The summed E-state index contributed by atoms with van der Waals surface area (Å²) in [6, 6.07) is 1.87. The van der Waals surface area contributed by atoms with E-state index in [1.165, 1.54) is 19.0 Å². The third-order valence-corrected chi connectivity index (χ3v) is 4.50. The van der Waals surface area contributed by atoms with Gasteiger partial charge in [0.05, 0.1) is 11.9 Å². The van der Waals surface area contributed by atoms with Crippen molar-refractivity contribution in [2.45, 2.75) is 25.3 Å². The van der Waals surface area contributed by atoms with Crippen LogP contribution >= 0.6 is 11.6 Å². The molecule has 3 rings (SSSR count). The highest BCUT2D eigenvalue weighted by Crippen LogP contribution is 2.38. The first-order valence-electron chi connectivity index (χ1n) is 6.46. The minimum atomic E-state index is -0.299. The minimum absolute atomic E-state index is 0.258. The Hall–Kier alpha value is -0.870. The van der Waals surface area contributed by atoms with E-state index < -0.39 is 0 Å². The topological polar surface area (TPSA) is 42.1 Å². The van der Waals surface area contributed by atoms with Crippen molar-refractivity contribution in [3.63, 3.8) is 0 Å². The van der Waals surface area contributed by atoms with Gasteiger partial charge in [-0.3, -0.25) is 0 Å². The third-order valence-electron chi connectivity index (χ3n) is 4.30. The summed E-state index contributed by atoms with van der Waals surface area (Å²) >= 11 is 5.85. The number of pyridine rings is 1. The van der Waals surface area contributed by atoms with Gasteiger partial charge in [0.15, 0.2) is 5.82 Å². The Labute approximate surface area is 111 Å². The lowest BCUT2D eigenvalue weighted by Gasteiger charge is -2.29. The molecule has 1 saturated carbocycles. The van der Waals surface area contributed by atoms with Gasteiger partial charge in [-0.1, -0.05) is 18.0 Å². The van der Waals surface area contributed by atoms with E-state index in [1.807, 2.05) is 0 Å². The quantitative estimate of drug-likeness (QED) is 0.797. The number of halogens is 2. The molecule has 2 heterocycles. The minimum Gasteiger partial charge on any atom is -0.368 e. The van der Waals surface area contributed by atoms with E-state index in [4.69, 9.17) is 17.3 Å². The molecule has 18 heavy (non-hydrogen) atoms. The number of anilines is 1. The van der Waals surface area contributed by atoms with E-state index in [1.54, 1.807) is 6.07 Å². The van der Waals surface area contributed by atoms with Crippen LogP contribution in [-0.2, 0) is 0 Å². The molecule has 1 saturated heterocycles. The molecule has 0 aromatic carbocycles. The number of aromatic nitrogens is 1. The molecule has 2 fully saturated rings. The molecule has 1 aromatic heterocycles. The number of fused-ring (bicyclic) bond motifs is 1. The molecule has 5 heteroatoms. The Morgan fingerprint density at radius 2 is 2.22 bits per heavy atom. The smallest absolute Gasteiger partial charge is 0.164 e. The summed E-state index contributed by atoms with van der Waals surface area (Å²) in [6.07, 6.45) is 4.68. The van der Waals surface area contributed by atoms with Crippen molar-refractivity contribution in [3.8, 4) is 0 Å². The van der Waals surface area contributed by atoms with Gasteiger partial charge in [-0.05, 0) is 24.7 Å². The first-order chi connectivity index (χ1) is 8.65. The van der Waals surface area contributed by atoms with Crippen molar-refractivity contribution < 1.29 is 4.39 Å². The van der Waals surface area contributed by atoms with Crippen molar-refractivity contribution in [2.24, 2.45) is 17.6 Å². The fourth-order valence-electron chi connectivity index (χ4n) is 3.36. The summed E-state index contributed by atoms with van der Waals surface area (Å²) < 4.78 is 13.8. The maximum atomic E-state index is 13.8. The van der Waals surface area contributed by atoms with Crippen molar-refractivity contribution >= 4 is 17.3 Å². The zero-order chi connectivity index (χ0) is 12.7. The molecule has 0 spiro atoms. The van der Waals surface area contributed by atoms with E-state index in [0.717, 1.165) is 19.5 Å². The predicted octanol–water partition coefficient (Wildman–Crippen LogP) is 2.44. The van der Waals surface area contributed by atoms with Crippen LogP contribution in [0.4, 0.5) is 10.1 Å². The van der Waals surface area contributed by atoms with Gasteiger partial charge in [-0.2, -0.15) is 0 Å². The van der Waals surface area contributed by atoms with Crippen LogP contribution in [0.3, 0.4) is 0 Å². The zero-order valence-corrected chi connectivity index (χ0v) is 10.9. The van der Waals surface area contributed by atoms with Gasteiger partial charge >= 0.3 is 0 Å². The SMILES string of the molecule is N[C@@H]1CCCC2CN(c3cc(Cl)ncc3F)C[C@H]21. The highest BCUT2D eigenvalue weighted by atomic mass is 35.5. The molecule has 0 radical (unpaired) electrons. The maximum Gasteiger partial charge on any atom is 0.164 e. The summed E-state index contributed by atoms with van der Waals surface area (Å²) in [5.41, 5.74) is 6.74. The lowest BCUT2D eigenvalue weighted by atomic mass is 9.78. The molecule has 1 aromatic rings. The van der Waals surface area contributed by atoms with Crippen LogP contribution in [0.1, 0.15) is 19.3 Å². The second-order valence-electron chi connectivity index (χ2n) is 5.38. The highest BCUT2D eigenvalue weighted by Gasteiger charge is 2.39. The summed E-state index contributed by atoms with van der Waals surface area (Å²) in [6.45, 7) is 1.72. The Kier molecular flexibility index (Phi) is 3.16. The van der Waals surface area contributed by atoms with Crippen LogP contribution in [0.2, 0.25) is 5.15 Å². The van der Waals surface area contributed by atoms with Gasteiger partial charge < -0.3 is 10.6 Å². The second kappa shape index (κ2) is 4.67. The molecule has 98 valence electrons. The summed E-state index contributed by atoms with van der Waals surface area (Å²) in [7, 11) is 0. The van der Waals surface area contributed by atoms with Crippen molar-refractivity contribution in [1.82, 2.24) is 4.98 Å². The fourth-order valence-corrected chi connectivity index (χ4v) is 3.51. The van der Waals surface area contributed by atoms with Crippen molar-refractivity contribution in [1.29, 1.82) is 0 Å². The number of nitrogens with zero attached hydrogens (tertiary/aromatic N) is 2. The Balaban J connectivity index is 1.84. The Morgan fingerprint density at radius 3 is 3.00 bits per heavy atom. The van der Waals surface area contributed by atoms with E-state index in [2.05, 4.69) is 9.88 Å². The van der Waals surface area contributed by atoms with E-state index >= 15 is 0 Å². The Morgan fingerprint density at radius 1 is 1.39 bits per heavy atom.